The normalized spacial score (nSPS) is 19.7. The molecule has 10 nitrogen and oxygen atoms in total. The number of carbonyl (C=O) groups excluding carboxylic acids is 3. The second-order valence-electron chi connectivity index (χ2n) is 9.82. The van der Waals surface area contributed by atoms with E-state index >= 15 is 0 Å². The Balaban J connectivity index is 1.34. The number of β-amino-alcohol motifs (C(OH)–C–C–N with tert-alkyl or cyclic N) is 1. The van der Waals surface area contributed by atoms with Crippen LogP contribution in [-0.2, 0) is 14.3 Å². The zero-order valence-electron chi connectivity index (χ0n) is 22.1. The number of aliphatic hydroxyl groups excluding tert-OH is 1. The number of hydrogen-bond acceptors (Lipinski definition) is 8. The predicted octanol–water partition coefficient (Wildman–Crippen LogP) is 2.84. The van der Waals surface area contributed by atoms with Crippen LogP contribution in [0.1, 0.15) is 23.2 Å². The van der Waals surface area contributed by atoms with Gasteiger partial charge in [0.05, 0.1) is 30.6 Å². The summed E-state index contributed by atoms with van der Waals surface area (Å²) in [4.78, 5) is 39.6. The standard InChI is InChI=1S/C27H30ClF3N4O6/c1-40-19-6-7-20(33-24(37)15-41-26(39)27(29,30)31)22(12-19)35-13-21(23(36)14-35)32-18-8-10-34(11-9-18)25(38)16-2-4-17(28)5-3-16/h2-7,12,18,21,23,32,36H,8-11,13-15H2,1H3,(H,33,37). The highest BCUT2D eigenvalue weighted by Crippen LogP contribution is 2.33. The Morgan fingerprint density at radius 2 is 1.76 bits per heavy atom. The lowest BCUT2D eigenvalue weighted by Gasteiger charge is -2.34. The predicted molar refractivity (Wildman–Crippen MR) is 144 cm³/mol. The molecule has 2 amide bonds. The number of esters is 1. The number of benzene rings is 2. The Kier molecular flexibility index (Phi) is 9.61. The number of alkyl halides is 3. The van der Waals surface area contributed by atoms with E-state index < -0.39 is 30.8 Å². The van der Waals surface area contributed by atoms with E-state index in [0.717, 1.165) is 0 Å². The molecule has 2 fully saturated rings. The van der Waals surface area contributed by atoms with E-state index in [9.17, 15) is 32.7 Å². The van der Waals surface area contributed by atoms with Crippen molar-refractivity contribution in [1.29, 1.82) is 0 Å². The van der Waals surface area contributed by atoms with Gasteiger partial charge in [-0.25, -0.2) is 4.79 Å². The van der Waals surface area contributed by atoms with Crippen LogP contribution in [0.3, 0.4) is 0 Å². The summed E-state index contributed by atoms with van der Waals surface area (Å²) < 4.78 is 46.4. The van der Waals surface area contributed by atoms with Gasteiger partial charge in [0.15, 0.2) is 6.61 Å². The van der Waals surface area contributed by atoms with E-state index in [-0.39, 0.29) is 30.2 Å². The third-order valence-electron chi connectivity index (χ3n) is 7.00. The van der Waals surface area contributed by atoms with Gasteiger partial charge in [0, 0.05) is 48.9 Å². The van der Waals surface area contributed by atoms with Crippen molar-refractivity contribution in [3.8, 4) is 5.75 Å². The Morgan fingerprint density at radius 3 is 2.39 bits per heavy atom. The maximum absolute atomic E-state index is 12.8. The number of methoxy groups -OCH3 is 1. The van der Waals surface area contributed by atoms with Crippen molar-refractivity contribution in [2.45, 2.75) is 37.2 Å². The molecule has 2 aromatic carbocycles. The largest absolute Gasteiger partial charge is 0.497 e. The van der Waals surface area contributed by atoms with Crippen molar-refractivity contribution in [2.24, 2.45) is 0 Å². The average Bonchev–Trinajstić information content (AvgIpc) is 3.31. The number of likely N-dealkylation sites (tertiary alicyclic amines) is 1. The molecule has 2 unspecified atom stereocenters. The Labute approximate surface area is 239 Å². The van der Waals surface area contributed by atoms with Crippen molar-refractivity contribution >= 4 is 40.8 Å². The number of amides is 2. The molecule has 4 rings (SSSR count). The van der Waals surface area contributed by atoms with Crippen LogP contribution in [-0.4, -0.2) is 92.0 Å². The SMILES string of the molecule is COc1ccc(NC(=O)COC(=O)C(F)(F)F)c(N2CC(O)C(NC3CCN(C(=O)c4ccc(Cl)cc4)CC3)C2)c1. The molecule has 2 atom stereocenters. The van der Waals surface area contributed by atoms with Gasteiger partial charge in [-0.1, -0.05) is 11.6 Å². The molecule has 2 saturated heterocycles. The van der Waals surface area contributed by atoms with Gasteiger partial charge in [-0.05, 0) is 49.2 Å². The topological polar surface area (TPSA) is 120 Å². The Morgan fingerprint density at radius 1 is 1.07 bits per heavy atom. The van der Waals surface area contributed by atoms with Crippen molar-refractivity contribution in [1.82, 2.24) is 10.2 Å². The van der Waals surface area contributed by atoms with Gasteiger partial charge in [-0.2, -0.15) is 13.2 Å². The van der Waals surface area contributed by atoms with E-state index in [2.05, 4.69) is 15.4 Å². The van der Waals surface area contributed by atoms with Gasteiger partial charge in [0.2, 0.25) is 0 Å². The highest BCUT2D eigenvalue weighted by atomic mass is 35.5. The molecule has 0 aliphatic carbocycles. The molecule has 0 aromatic heterocycles. The number of aliphatic hydroxyl groups is 1. The van der Waals surface area contributed by atoms with E-state index in [4.69, 9.17) is 16.3 Å². The molecule has 2 aliphatic heterocycles. The number of nitrogens with zero attached hydrogens (tertiary/aromatic N) is 2. The minimum Gasteiger partial charge on any atom is -0.497 e. The molecule has 2 aliphatic rings. The van der Waals surface area contributed by atoms with Crippen LogP contribution >= 0.6 is 11.6 Å². The summed E-state index contributed by atoms with van der Waals surface area (Å²) in [5, 5.41) is 17.3. The maximum Gasteiger partial charge on any atom is 0.490 e. The third-order valence-corrected chi connectivity index (χ3v) is 7.25. The lowest BCUT2D eigenvalue weighted by atomic mass is 10.0. The van der Waals surface area contributed by atoms with Gasteiger partial charge in [0.1, 0.15) is 5.75 Å². The first-order chi connectivity index (χ1) is 19.4. The molecule has 0 bridgehead atoms. The average molecular weight is 599 g/mol. The number of piperidine rings is 1. The second-order valence-corrected chi connectivity index (χ2v) is 10.3. The summed E-state index contributed by atoms with van der Waals surface area (Å²) in [5.41, 5.74) is 1.30. The van der Waals surface area contributed by atoms with Crippen molar-refractivity contribution < 1.29 is 42.1 Å². The molecule has 14 heteroatoms. The molecular weight excluding hydrogens is 569 g/mol. The molecule has 2 aromatic rings. The van der Waals surface area contributed by atoms with E-state index in [1.54, 1.807) is 41.3 Å². The molecule has 3 N–H and O–H groups in total. The Hall–Kier alpha value is -3.55. The van der Waals surface area contributed by atoms with Crippen molar-refractivity contribution in [3.05, 3.63) is 53.1 Å². The number of carbonyl (C=O) groups is 3. The number of halogens is 4. The number of hydrogen-bond donors (Lipinski definition) is 3. The fraction of sp³-hybridized carbons (Fsp3) is 0.444. The summed E-state index contributed by atoms with van der Waals surface area (Å²) in [7, 11) is 1.46. The summed E-state index contributed by atoms with van der Waals surface area (Å²) >= 11 is 5.91. The lowest BCUT2D eigenvalue weighted by Crippen LogP contribution is -2.50. The monoisotopic (exact) mass is 598 g/mol. The summed E-state index contributed by atoms with van der Waals surface area (Å²) in [6.45, 7) is 0.567. The van der Waals surface area contributed by atoms with Crippen molar-refractivity contribution in [3.63, 3.8) is 0 Å². The van der Waals surface area contributed by atoms with Crippen LogP contribution in [0.5, 0.6) is 5.75 Å². The fourth-order valence-corrected chi connectivity index (χ4v) is 5.01. The maximum atomic E-state index is 12.8. The summed E-state index contributed by atoms with van der Waals surface area (Å²) in [5.74, 6) is -3.01. The zero-order chi connectivity index (χ0) is 29.7. The molecule has 0 spiro atoms. The van der Waals surface area contributed by atoms with Gasteiger partial charge in [0.25, 0.3) is 11.8 Å². The Bertz CT molecular complexity index is 1250. The molecule has 0 radical (unpaired) electrons. The fourth-order valence-electron chi connectivity index (χ4n) is 4.88. The third kappa shape index (κ3) is 7.80. The van der Waals surface area contributed by atoms with Gasteiger partial charge in [-0.15, -0.1) is 0 Å². The zero-order valence-corrected chi connectivity index (χ0v) is 22.9. The first-order valence-electron chi connectivity index (χ1n) is 12.9. The van der Waals surface area contributed by atoms with E-state index in [1.807, 2.05) is 4.90 Å². The molecular formula is C27H30ClF3N4O6. The number of rotatable bonds is 8. The summed E-state index contributed by atoms with van der Waals surface area (Å²) in [6, 6.07) is 11.2. The highest BCUT2D eigenvalue weighted by molar-refractivity contribution is 6.30. The lowest BCUT2D eigenvalue weighted by molar-refractivity contribution is -0.199. The van der Waals surface area contributed by atoms with Crippen molar-refractivity contribution in [2.75, 3.05) is 50.1 Å². The smallest absolute Gasteiger partial charge is 0.490 e. The highest BCUT2D eigenvalue weighted by Gasteiger charge is 2.41. The molecule has 0 saturated carbocycles. The van der Waals surface area contributed by atoms with Gasteiger partial charge in [-0.3, -0.25) is 9.59 Å². The second kappa shape index (κ2) is 13.0. The number of nitrogens with one attached hydrogen (secondary N) is 2. The summed E-state index contributed by atoms with van der Waals surface area (Å²) in [6.07, 6.45) is -4.58. The first-order valence-corrected chi connectivity index (χ1v) is 13.3. The van der Waals surface area contributed by atoms with Crippen LogP contribution in [0.25, 0.3) is 0 Å². The van der Waals surface area contributed by atoms with E-state index in [1.165, 1.54) is 13.2 Å². The van der Waals surface area contributed by atoms with Crippen LogP contribution in [0.4, 0.5) is 24.5 Å². The van der Waals surface area contributed by atoms with Gasteiger partial charge < -0.3 is 35.0 Å². The van der Waals surface area contributed by atoms with Crippen LogP contribution in [0.15, 0.2) is 42.5 Å². The molecule has 222 valence electrons. The minimum atomic E-state index is -5.21. The van der Waals surface area contributed by atoms with Crippen LogP contribution in [0, 0.1) is 0 Å². The first kappa shape index (κ1) is 30.4. The minimum absolute atomic E-state index is 0.0621. The van der Waals surface area contributed by atoms with E-state index in [0.29, 0.717) is 54.5 Å². The van der Waals surface area contributed by atoms with Crippen LogP contribution < -0.4 is 20.3 Å². The number of anilines is 2. The number of ether oxygens (including phenoxy) is 2. The quantitative estimate of drug-likeness (QED) is 0.397. The molecule has 41 heavy (non-hydrogen) atoms. The molecule has 2 heterocycles. The van der Waals surface area contributed by atoms with Crippen LogP contribution in [0.2, 0.25) is 5.02 Å². The van der Waals surface area contributed by atoms with Gasteiger partial charge >= 0.3 is 12.1 Å².